The van der Waals surface area contributed by atoms with E-state index >= 15 is 0 Å². The number of aliphatic hydroxyl groups excluding tert-OH is 1. The Bertz CT molecular complexity index is 1450. The van der Waals surface area contributed by atoms with E-state index in [0.29, 0.717) is 11.5 Å². The van der Waals surface area contributed by atoms with Gasteiger partial charge in [-0.1, -0.05) is 30.3 Å². The van der Waals surface area contributed by atoms with Crippen LogP contribution in [0.3, 0.4) is 0 Å². The van der Waals surface area contributed by atoms with Crippen LogP contribution in [0.1, 0.15) is 5.56 Å². The second kappa shape index (κ2) is 10.3. The minimum Gasteiger partial charge on any atom is -0.497 e. The number of fused-ring (bicyclic) bond motifs is 1. The van der Waals surface area contributed by atoms with Crippen molar-refractivity contribution in [2.45, 2.75) is 12.6 Å². The van der Waals surface area contributed by atoms with Crippen molar-refractivity contribution in [3.8, 4) is 11.5 Å². The molecule has 4 aromatic rings. The fraction of sp³-hybridized carbons (Fsp3) is 0.250. The number of nitrogens with zero attached hydrogens (tertiary/aromatic N) is 5. The molecule has 0 radical (unpaired) electrons. The maximum Gasteiger partial charge on any atom is 0.332 e. The highest BCUT2D eigenvalue weighted by Gasteiger charge is 2.21. The third kappa shape index (κ3) is 5.09. The number of aryl methyl sites for hydroxylation is 1. The van der Waals surface area contributed by atoms with Gasteiger partial charge in [0.25, 0.3) is 5.56 Å². The molecule has 4 rings (SSSR count). The second-order valence-corrected chi connectivity index (χ2v) is 7.85. The zero-order valence-corrected chi connectivity index (χ0v) is 19.6. The predicted molar refractivity (Wildman–Crippen MR) is 132 cm³/mol. The Labute approximate surface area is 200 Å². The fourth-order valence-corrected chi connectivity index (χ4v) is 3.54. The Morgan fingerprint density at radius 3 is 2.43 bits per heavy atom. The first-order valence-corrected chi connectivity index (χ1v) is 10.8. The number of aromatic nitrogens is 4. The summed E-state index contributed by atoms with van der Waals surface area (Å²) in [5.74, 6) is 1.45. The van der Waals surface area contributed by atoms with Gasteiger partial charge in [-0.05, 0) is 29.8 Å². The summed E-state index contributed by atoms with van der Waals surface area (Å²) in [6.07, 6.45) is 0.611. The number of rotatable bonds is 9. The van der Waals surface area contributed by atoms with Crippen molar-refractivity contribution in [3.63, 3.8) is 0 Å². The molecular formula is C24H26N6O5. The fourth-order valence-electron chi connectivity index (χ4n) is 3.54. The summed E-state index contributed by atoms with van der Waals surface area (Å²) in [6.45, 7) is -0.0614. The number of benzene rings is 2. The van der Waals surface area contributed by atoms with E-state index in [1.54, 1.807) is 37.6 Å². The van der Waals surface area contributed by atoms with Gasteiger partial charge in [0.2, 0.25) is 5.95 Å². The molecule has 0 bridgehead atoms. The van der Waals surface area contributed by atoms with Gasteiger partial charge in [-0.2, -0.15) is 10.1 Å². The van der Waals surface area contributed by atoms with Crippen molar-refractivity contribution in [1.82, 2.24) is 18.7 Å². The van der Waals surface area contributed by atoms with Crippen LogP contribution in [0.4, 0.5) is 5.95 Å². The highest BCUT2D eigenvalue weighted by molar-refractivity contribution is 5.80. The average Bonchev–Trinajstić information content (AvgIpc) is 3.24. The van der Waals surface area contributed by atoms with E-state index in [-0.39, 0.29) is 30.3 Å². The van der Waals surface area contributed by atoms with Crippen LogP contribution in [0.25, 0.3) is 11.2 Å². The molecule has 0 saturated carbocycles. The first-order chi connectivity index (χ1) is 16.9. The minimum atomic E-state index is -0.991. The molecule has 35 heavy (non-hydrogen) atoms. The molecule has 0 spiro atoms. The molecule has 0 unspecified atom stereocenters. The summed E-state index contributed by atoms with van der Waals surface area (Å²) in [5, 5.41) is 14.9. The molecule has 0 amide bonds. The van der Waals surface area contributed by atoms with Crippen molar-refractivity contribution in [3.05, 3.63) is 81.0 Å². The molecule has 11 heteroatoms. The Morgan fingerprint density at radius 1 is 1.06 bits per heavy atom. The van der Waals surface area contributed by atoms with E-state index in [1.807, 2.05) is 30.3 Å². The highest BCUT2D eigenvalue weighted by Crippen LogP contribution is 2.19. The number of methoxy groups -OCH3 is 1. The Kier molecular flexibility index (Phi) is 6.97. The van der Waals surface area contributed by atoms with Crippen molar-refractivity contribution in [2.75, 3.05) is 19.1 Å². The molecule has 1 atom stereocenters. The predicted octanol–water partition coefficient (Wildman–Crippen LogP) is 1.33. The molecule has 0 aliphatic rings. The molecular weight excluding hydrogens is 452 g/mol. The maximum atomic E-state index is 12.9. The highest BCUT2D eigenvalue weighted by atomic mass is 16.5. The second-order valence-electron chi connectivity index (χ2n) is 7.85. The van der Waals surface area contributed by atoms with Crippen LogP contribution in [0, 0.1) is 0 Å². The number of anilines is 1. The third-order valence-corrected chi connectivity index (χ3v) is 5.42. The third-order valence-electron chi connectivity index (χ3n) is 5.42. The van der Waals surface area contributed by atoms with Crippen molar-refractivity contribution < 1.29 is 14.6 Å². The van der Waals surface area contributed by atoms with Gasteiger partial charge in [0.05, 0.1) is 19.9 Å². The van der Waals surface area contributed by atoms with Crippen LogP contribution >= 0.6 is 0 Å². The van der Waals surface area contributed by atoms with E-state index in [1.165, 1.54) is 23.2 Å². The molecule has 0 aliphatic heterocycles. The van der Waals surface area contributed by atoms with E-state index in [9.17, 15) is 14.7 Å². The Balaban J connectivity index is 1.62. The van der Waals surface area contributed by atoms with Crippen LogP contribution in [0.2, 0.25) is 0 Å². The van der Waals surface area contributed by atoms with Gasteiger partial charge < -0.3 is 19.1 Å². The Morgan fingerprint density at radius 2 is 1.74 bits per heavy atom. The SMILES string of the molecule is COc1ccc(OC[C@H](O)Cn2c(N/N=C/c3ccccc3)nc3c2c(=O)n(C)c(=O)n3C)cc1. The van der Waals surface area contributed by atoms with E-state index in [0.717, 1.165) is 10.1 Å². The molecule has 11 nitrogen and oxygen atoms in total. The number of hydrogen-bond acceptors (Lipinski definition) is 8. The zero-order valence-electron chi connectivity index (χ0n) is 19.6. The first-order valence-electron chi connectivity index (χ1n) is 10.8. The van der Waals surface area contributed by atoms with Crippen LogP contribution < -0.4 is 26.1 Å². The van der Waals surface area contributed by atoms with Crippen LogP contribution in [0.5, 0.6) is 11.5 Å². The van der Waals surface area contributed by atoms with Gasteiger partial charge in [0.1, 0.15) is 24.2 Å². The van der Waals surface area contributed by atoms with Crippen LogP contribution in [0.15, 0.2) is 69.3 Å². The molecule has 2 aromatic carbocycles. The molecule has 2 aromatic heterocycles. The number of hydrogen-bond donors (Lipinski definition) is 2. The number of ether oxygens (including phenoxy) is 2. The maximum absolute atomic E-state index is 12.9. The molecule has 0 aliphatic carbocycles. The lowest BCUT2D eigenvalue weighted by atomic mass is 10.2. The van der Waals surface area contributed by atoms with Crippen LogP contribution in [-0.2, 0) is 20.6 Å². The molecule has 0 saturated heterocycles. The number of nitrogens with one attached hydrogen (secondary N) is 1. The molecule has 182 valence electrons. The van der Waals surface area contributed by atoms with Gasteiger partial charge in [0, 0.05) is 14.1 Å². The quantitative estimate of drug-likeness (QED) is 0.275. The normalized spacial score (nSPS) is 12.2. The van der Waals surface area contributed by atoms with Gasteiger partial charge in [0.15, 0.2) is 11.2 Å². The number of imidazole rings is 1. The van der Waals surface area contributed by atoms with Crippen molar-refractivity contribution in [1.29, 1.82) is 0 Å². The largest absolute Gasteiger partial charge is 0.497 e. The monoisotopic (exact) mass is 478 g/mol. The van der Waals surface area contributed by atoms with Crippen LogP contribution in [-0.4, -0.2) is 49.8 Å². The first kappa shape index (κ1) is 23.8. The van der Waals surface area contributed by atoms with Crippen molar-refractivity contribution >= 4 is 23.3 Å². The van der Waals surface area contributed by atoms with E-state index < -0.39 is 17.4 Å². The van der Waals surface area contributed by atoms with Crippen molar-refractivity contribution in [2.24, 2.45) is 19.2 Å². The topological polar surface area (TPSA) is 125 Å². The number of hydrazone groups is 1. The average molecular weight is 479 g/mol. The standard InChI is InChI=1S/C24H26N6O5/c1-28-21-20(22(32)29(2)24(28)33)30(23(26-21)27-25-13-16-7-5-4-6-8-16)14-17(31)15-35-19-11-9-18(34-3)10-12-19/h4-13,17,31H,14-15H2,1-3H3,(H,26,27)/b25-13+/t17-/m1/s1. The molecule has 2 N–H and O–H groups in total. The van der Waals surface area contributed by atoms with Gasteiger partial charge >= 0.3 is 5.69 Å². The molecule has 0 fully saturated rings. The molecule has 2 heterocycles. The summed E-state index contributed by atoms with van der Waals surface area (Å²) in [4.78, 5) is 29.8. The summed E-state index contributed by atoms with van der Waals surface area (Å²) >= 11 is 0. The Hall–Kier alpha value is -4.38. The smallest absolute Gasteiger partial charge is 0.332 e. The number of aliphatic hydroxyl groups is 1. The summed E-state index contributed by atoms with van der Waals surface area (Å²) in [6, 6.07) is 16.4. The lowest BCUT2D eigenvalue weighted by Crippen LogP contribution is -2.38. The lowest BCUT2D eigenvalue weighted by Gasteiger charge is -2.15. The van der Waals surface area contributed by atoms with Gasteiger partial charge in [-0.15, -0.1) is 0 Å². The summed E-state index contributed by atoms with van der Waals surface area (Å²) in [7, 11) is 4.50. The minimum absolute atomic E-state index is 0.0245. The zero-order chi connectivity index (χ0) is 24.9. The summed E-state index contributed by atoms with van der Waals surface area (Å²) in [5.41, 5.74) is 3.00. The van der Waals surface area contributed by atoms with Gasteiger partial charge in [-0.3, -0.25) is 13.9 Å². The summed E-state index contributed by atoms with van der Waals surface area (Å²) < 4.78 is 14.6. The van der Waals surface area contributed by atoms with Gasteiger partial charge in [-0.25, -0.2) is 10.2 Å². The lowest BCUT2D eigenvalue weighted by molar-refractivity contribution is 0.0938. The van der Waals surface area contributed by atoms with E-state index in [2.05, 4.69) is 15.5 Å². The van der Waals surface area contributed by atoms with E-state index in [4.69, 9.17) is 9.47 Å².